The van der Waals surface area contributed by atoms with Crippen molar-refractivity contribution in [1.82, 2.24) is 5.32 Å². The fraction of sp³-hybridized carbons (Fsp3) is 0.500. The number of rotatable bonds is 14. The van der Waals surface area contributed by atoms with Gasteiger partial charge in [-0.05, 0) is 56.4 Å². The van der Waals surface area contributed by atoms with Crippen LogP contribution in [-0.4, -0.2) is 59.6 Å². The topological polar surface area (TPSA) is 91.2 Å². The van der Waals surface area contributed by atoms with E-state index in [0.29, 0.717) is 26.1 Å². The van der Waals surface area contributed by atoms with Crippen LogP contribution in [0.3, 0.4) is 0 Å². The van der Waals surface area contributed by atoms with Gasteiger partial charge in [0.05, 0.1) is 32.0 Å². The van der Waals surface area contributed by atoms with Gasteiger partial charge in [0.15, 0.2) is 0 Å². The minimum Gasteiger partial charge on any atom is -0.508 e. The number of aryl methyl sites for hydroxylation is 1. The van der Waals surface area contributed by atoms with Crippen molar-refractivity contribution in [3.63, 3.8) is 0 Å². The van der Waals surface area contributed by atoms with E-state index in [0.717, 1.165) is 12.0 Å². The highest BCUT2D eigenvalue weighted by Gasteiger charge is 2.17. The molecule has 0 aliphatic carbocycles. The number of aromatic hydroxyl groups is 1. The molecule has 4 unspecified atom stereocenters. The molecule has 0 aromatic heterocycles. The molecule has 0 aliphatic rings. The Morgan fingerprint density at radius 1 is 0.867 bits per heavy atom. The number of nitrogens with one attached hydrogen (secondary N) is 1. The summed E-state index contributed by atoms with van der Waals surface area (Å²) in [4.78, 5) is 0. The average Bonchev–Trinajstić information content (AvgIpc) is 2.76. The van der Waals surface area contributed by atoms with E-state index in [1.165, 1.54) is 5.56 Å². The zero-order valence-corrected chi connectivity index (χ0v) is 17.9. The summed E-state index contributed by atoms with van der Waals surface area (Å²) >= 11 is 0. The van der Waals surface area contributed by atoms with Gasteiger partial charge in [0.25, 0.3) is 0 Å². The van der Waals surface area contributed by atoms with Crippen LogP contribution in [0.25, 0.3) is 0 Å². The third kappa shape index (κ3) is 9.69. The van der Waals surface area contributed by atoms with E-state index in [1.54, 1.807) is 12.1 Å². The highest BCUT2D eigenvalue weighted by molar-refractivity contribution is 5.26. The smallest absolute Gasteiger partial charge is 0.115 e. The summed E-state index contributed by atoms with van der Waals surface area (Å²) < 4.78 is 11.4. The van der Waals surface area contributed by atoms with Crippen molar-refractivity contribution in [2.75, 3.05) is 19.8 Å². The first-order valence-corrected chi connectivity index (χ1v) is 10.6. The lowest BCUT2D eigenvalue weighted by Crippen LogP contribution is -2.43. The van der Waals surface area contributed by atoms with Crippen LogP contribution in [0.1, 0.15) is 31.4 Å². The lowest BCUT2D eigenvalue weighted by atomic mass is 10.0. The molecule has 30 heavy (non-hydrogen) atoms. The molecule has 2 aromatic rings. The number of aliphatic hydroxyl groups excluding tert-OH is 2. The summed E-state index contributed by atoms with van der Waals surface area (Å²) in [6.45, 7) is 4.51. The van der Waals surface area contributed by atoms with Crippen molar-refractivity contribution < 1.29 is 24.8 Å². The van der Waals surface area contributed by atoms with Crippen molar-refractivity contribution >= 4 is 0 Å². The molecule has 6 nitrogen and oxygen atoms in total. The minimum atomic E-state index is -0.656. The highest BCUT2D eigenvalue weighted by atomic mass is 16.5. The summed E-state index contributed by atoms with van der Waals surface area (Å²) in [5.74, 6) is 0.228. The second-order valence-electron chi connectivity index (χ2n) is 7.74. The maximum absolute atomic E-state index is 10.5. The lowest BCUT2D eigenvalue weighted by Gasteiger charge is -2.25. The molecule has 4 atom stereocenters. The van der Waals surface area contributed by atoms with Crippen molar-refractivity contribution in [3.8, 4) is 5.75 Å². The number of ether oxygens (including phenoxy) is 2. The van der Waals surface area contributed by atoms with Gasteiger partial charge in [-0.15, -0.1) is 0 Å². The molecular weight excluding hydrogens is 382 g/mol. The first-order valence-electron chi connectivity index (χ1n) is 10.6. The largest absolute Gasteiger partial charge is 0.508 e. The minimum absolute atomic E-state index is 0.0225. The molecule has 0 saturated carbocycles. The fourth-order valence-corrected chi connectivity index (χ4v) is 3.07. The van der Waals surface area contributed by atoms with Crippen molar-refractivity contribution in [2.45, 2.75) is 57.6 Å². The van der Waals surface area contributed by atoms with Gasteiger partial charge in [-0.2, -0.15) is 0 Å². The van der Waals surface area contributed by atoms with Crippen LogP contribution in [0.2, 0.25) is 0 Å². The van der Waals surface area contributed by atoms with Gasteiger partial charge in [-0.3, -0.25) is 5.32 Å². The maximum Gasteiger partial charge on any atom is 0.115 e. The Balaban J connectivity index is 1.88. The van der Waals surface area contributed by atoms with Gasteiger partial charge in [0.2, 0.25) is 0 Å². The molecule has 0 spiro atoms. The molecule has 4 N–H and O–H groups in total. The molecule has 6 heteroatoms. The number of hydrogen-bond acceptors (Lipinski definition) is 6. The van der Waals surface area contributed by atoms with Crippen molar-refractivity contribution in [3.05, 3.63) is 65.7 Å². The van der Waals surface area contributed by atoms with E-state index in [-0.39, 0.29) is 30.6 Å². The monoisotopic (exact) mass is 417 g/mol. The first-order chi connectivity index (χ1) is 14.5. The summed E-state index contributed by atoms with van der Waals surface area (Å²) in [6, 6.07) is 17.0. The molecule has 2 aromatic carbocycles. The number of benzene rings is 2. The Hall–Kier alpha value is -1.96. The van der Waals surface area contributed by atoms with E-state index in [1.807, 2.05) is 44.2 Å². The van der Waals surface area contributed by atoms with E-state index >= 15 is 0 Å². The number of aliphatic hydroxyl groups is 2. The Morgan fingerprint density at radius 3 is 2.20 bits per heavy atom. The van der Waals surface area contributed by atoms with E-state index in [9.17, 15) is 10.2 Å². The molecule has 0 bridgehead atoms. The van der Waals surface area contributed by atoms with Gasteiger partial charge >= 0.3 is 0 Å². The Labute approximate surface area is 179 Å². The van der Waals surface area contributed by atoms with Crippen LogP contribution < -0.4 is 5.32 Å². The Kier molecular flexibility index (Phi) is 10.8. The van der Waals surface area contributed by atoms with E-state index in [4.69, 9.17) is 14.6 Å². The molecule has 0 radical (unpaired) electrons. The predicted octanol–water partition coefficient (Wildman–Crippen LogP) is 2.65. The average molecular weight is 418 g/mol. The van der Waals surface area contributed by atoms with E-state index < -0.39 is 6.23 Å². The molecule has 0 saturated heterocycles. The van der Waals surface area contributed by atoms with Gasteiger partial charge < -0.3 is 24.8 Å². The second kappa shape index (κ2) is 13.4. The van der Waals surface area contributed by atoms with Crippen molar-refractivity contribution in [2.24, 2.45) is 0 Å². The quantitative estimate of drug-likeness (QED) is 0.353. The molecule has 0 amide bonds. The molecule has 166 valence electrons. The molecule has 2 rings (SSSR count). The third-order valence-electron chi connectivity index (χ3n) is 4.85. The predicted molar refractivity (Wildman–Crippen MR) is 117 cm³/mol. The number of phenolic OH excluding ortho intramolecular Hbond substituents is 1. The lowest BCUT2D eigenvalue weighted by molar-refractivity contribution is -0.0524. The van der Waals surface area contributed by atoms with Crippen molar-refractivity contribution in [1.29, 1.82) is 0 Å². The first kappa shape index (κ1) is 24.3. The van der Waals surface area contributed by atoms with Gasteiger partial charge in [-0.1, -0.05) is 42.5 Å². The zero-order valence-electron chi connectivity index (χ0n) is 17.9. The molecule has 0 aliphatic heterocycles. The van der Waals surface area contributed by atoms with Crippen LogP contribution in [0, 0.1) is 0 Å². The Bertz CT molecular complexity index is 695. The number of hydrogen-bond donors (Lipinski definition) is 4. The maximum atomic E-state index is 10.5. The van der Waals surface area contributed by atoms with Crippen LogP contribution in [0.15, 0.2) is 54.6 Å². The van der Waals surface area contributed by atoms with Gasteiger partial charge in [0.1, 0.15) is 12.0 Å². The van der Waals surface area contributed by atoms with Crippen LogP contribution in [0.4, 0.5) is 0 Å². The summed E-state index contributed by atoms with van der Waals surface area (Å²) in [6.07, 6.45) is 1.03. The zero-order chi connectivity index (χ0) is 21.8. The summed E-state index contributed by atoms with van der Waals surface area (Å²) in [5, 5.41) is 32.3. The SMILES string of the molecule is CC(CO)OCC(C)OCC(Cc1ccc(O)cc1)NC(O)CCc1ccccc1. The third-order valence-corrected chi connectivity index (χ3v) is 4.85. The number of phenols is 1. The summed E-state index contributed by atoms with van der Waals surface area (Å²) in [7, 11) is 0. The molecule has 0 fully saturated rings. The highest BCUT2D eigenvalue weighted by Crippen LogP contribution is 2.13. The summed E-state index contributed by atoms with van der Waals surface area (Å²) in [5.41, 5.74) is 2.23. The van der Waals surface area contributed by atoms with Gasteiger partial charge in [0, 0.05) is 6.04 Å². The van der Waals surface area contributed by atoms with Crippen LogP contribution in [-0.2, 0) is 22.3 Å². The van der Waals surface area contributed by atoms with E-state index in [2.05, 4.69) is 17.4 Å². The molecular formula is C24H35NO5. The van der Waals surface area contributed by atoms with Gasteiger partial charge in [-0.25, -0.2) is 0 Å². The Morgan fingerprint density at radius 2 is 1.53 bits per heavy atom. The van der Waals surface area contributed by atoms with Crippen LogP contribution in [0.5, 0.6) is 5.75 Å². The normalized spacial score (nSPS) is 15.5. The standard InChI is InChI=1S/C24H35NO5/c1-18(15-26)29-16-19(2)30-17-22(14-21-8-11-23(27)12-9-21)25-24(28)13-10-20-6-4-3-5-7-20/h3-9,11-12,18-19,22,24-28H,10,13-17H2,1-2H3. The molecule has 0 heterocycles. The van der Waals surface area contributed by atoms with Crippen LogP contribution >= 0.6 is 0 Å². The second-order valence-corrected chi connectivity index (χ2v) is 7.74. The fourth-order valence-electron chi connectivity index (χ4n) is 3.07.